The lowest BCUT2D eigenvalue weighted by Crippen LogP contribution is -2.18. The van der Waals surface area contributed by atoms with Crippen LogP contribution in [0, 0.1) is 12.8 Å². The van der Waals surface area contributed by atoms with Crippen molar-refractivity contribution in [2.24, 2.45) is 13.0 Å². The Bertz CT molecular complexity index is 829. The van der Waals surface area contributed by atoms with E-state index in [2.05, 4.69) is 23.5 Å². The van der Waals surface area contributed by atoms with Gasteiger partial charge in [-0.05, 0) is 68.4 Å². The van der Waals surface area contributed by atoms with Crippen LogP contribution in [0.1, 0.15) is 24.0 Å². The molecule has 0 amide bonds. The molecule has 2 heterocycles. The Morgan fingerprint density at radius 2 is 2.04 bits per heavy atom. The zero-order valence-corrected chi connectivity index (χ0v) is 15.2. The van der Waals surface area contributed by atoms with Crippen molar-refractivity contribution in [1.29, 1.82) is 0 Å². The number of hydrogen-bond donors (Lipinski definition) is 0. The van der Waals surface area contributed by atoms with Gasteiger partial charge in [0.1, 0.15) is 5.75 Å². The number of ether oxygens (including phenoxy) is 1. The number of pyridine rings is 1. The number of nitrogens with zero attached hydrogens (tertiary/aromatic N) is 2. The summed E-state index contributed by atoms with van der Waals surface area (Å²) in [4.78, 5) is 13.3. The van der Waals surface area contributed by atoms with Gasteiger partial charge in [0.15, 0.2) is 0 Å². The van der Waals surface area contributed by atoms with E-state index in [9.17, 15) is 4.79 Å². The Balaban J connectivity index is 1.80. The fraction of sp³-hybridized carbons (Fsp3) is 0.421. The number of aromatic nitrogens is 1. The third kappa shape index (κ3) is 2.98. The number of hydrogen-bond acceptors (Lipinski definition) is 4. The van der Waals surface area contributed by atoms with Crippen molar-refractivity contribution < 1.29 is 4.74 Å². The zero-order chi connectivity index (χ0) is 16.8. The first kappa shape index (κ1) is 15.8. The first-order valence-corrected chi connectivity index (χ1v) is 9.15. The molecule has 5 heteroatoms. The number of benzene rings is 1. The standard InChI is InChI=1S/C19H22N2O2S/c1-12-6-14(9-20(2)19(12)22)16-8-18-15(10-21(3)24-18)7-17(16)23-11-13-4-5-13/h6-9,13H,4-5,10-11H2,1-3H3. The van der Waals surface area contributed by atoms with E-state index in [4.69, 9.17) is 4.74 Å². The van der Waals surface area contributed by atoms with Crippen LogP contribution >= 0.6 is 11.9 Å². The lowest BCUT2D eigenvalue weighted by atomic mass is 10.0. The summed E-state index contributed by atoms with van der Waals surface area (Å²) in [5.74, 6) is 1.65. The Morgan fingerprint density at radius 3 is 2.75 bits per heavy atom. The third-order valence-corrected chi connectivity index (χ3v) is 5.67. The average molecular weight is 342 g/mol. The molecule has 2 aromatic rings. The minimum atomic E-state index is 0.0504. The van der Waals surface area contributed by atoms with E-state index in [0.29, 0.717) is 5.92 Å². The lowest BCUT2D eigenvalue weighted by Gasteiger charge is -2.15. The molecular formula is C19H22N2O2S. The van der Waals surface area contributed by atoms with Gasteiger partial charge in [0.05, 0.1) is 6.61 Å². The highest BCUT2D eigenvalue weighted by atomic mass is 32.2. The summed E-state index contributed by atoms with van der Waals surface area (Å²) >= 11 is 1.77. The van der Waals surface area contributed by atoms with Gasteiger partial charge in [0.2, 0.25) is 0 Å². The molecule has 1 aliphatic heterocycles. The zero-order valence-electron chi connectivity index (χ0n) is 14.3. The van der Waals surface area contributed by atoms with Crippen molar-refractivity contribution in [2.45, 2.75) is 31.2 Å². The second-order valence-electron chi connectivity index (χ2n) is 6.92. The summed E-state index contributed by atoms with van der Waals surface area (Å²) in [5.41, 5.74) is 4.25. The highest BCUT2D eigenvalue weighted by Crippen LogP contribution is 2.42. The molecule has 1 aromatic heterocycles. The Hall–Kier alpha value is -1.72. The first-order valence-electron chi connectivity index (χ1n) is 8.38. The molecule has 4 nitrogen and oxygen atoms in total. The molecule has 2 aliphatic rings. The quantitative estimate of drug-likeness (QED) is 0.795. The van der Waals surface area contributed by atoms with Gasteiger partial charge in [-0.1, -0.05) is 0 Å². The molecule has 1 saturated carbocycles. The van der Waals surface area contributed by atoms with Crippen molar-refractivity contribution >= 4 is 11.9 Å². The van der Waals surface area contributed by atoms with E-state index in [1.807, 2.05) is 19.2 Å². The van der Waals surface area contributed by atoms with E-state index in [-0.39, 0.29) is 5.56 Å². The molecule has 1 aliphatic carbocycles. The fourth-order valence-electron chi connectivity index (χ4n) is 3.11. The van der Waals surface area contributed by atoms with E-state index < -0.39 is 0 Å². The molecule has 0 bridgehead atoms. The van der Waals surface area contributed by atoms with Crippen molar-refractivity contribution in [1.82, 2.24) is 8.87 Å². The van der Waals surface area contributed by atoms with E-state index in [1.54, 1.807) is 23.6 Å². The van der Waals surface area contributed by atoms with Crippen molar-refractivity contribution in [3.8, 4) is 16.9 Å². The maximum absolute atomic E-state index is 12.0. The minimum Gasteiger partial charge on any atom is -0.493 e. The van der Waals surface area contributed by atoms with Crippen LogP contribution in [0.3, 0.4) is 0 Å². The van der Waals surface area contributed by atoms with Crippen molar-refractivity contribution in [2.75, 3.05) is 13.7 Å². The van der Waals surface area contributed by atoms with Crippen LogP contribution in [0.2, 0.25) is 0 Å². The summed E-state index contributed by atoms with van der Waals surface area (Å²) in [6.07, 6.45) is 4.46. The molecule has 0 radical (unpaired) electrons. The molecular weight excluding hydrogens is 320 g/mol. The molecule has 24 heavy (non-hydrogen) atoms. The number of fused-ring (bicyclic) bond motifs is 1. The monoisotopic (exact) mass is 342 g/mol. The Kier molecular flexibility index (Phi) is 3.93. The van der Waals surface area contributed by atoms with E-state index in [1.165, 1.54) is 23.3 Å². The SMILES string of the molecule is Cc1cc(-c2cc3c(cc2OCC2CC2)CN(C)S3)cn(C)c1=O. The first-order chi connectivity index (χ1) is 11.5. The smallest absolute Gasteiger partial charge is 0.253 e. The second kappa shape index (κ2) is 5.97. The predicted octanol–water partition coefficient (Wildman–Crippen LogP) is 3.60. The largest absolute Gasteiger partial charge is 0.493 e. The fourth-order valence-corrected chi connectivity index (χ4v) is 4.06. The Morgan fingerprint density at radius 1 is 1.25 bits per heavy atom. The molecule has 0 atom stereocenters. The summed E-state index contributed by atoms with van der Waals surface area (Å²) in [7, 11) is 3.91. The predicted molar refractivity (Wildman–Crippen MR) is 97.4 cm³/mol. The summed E-state index contributed by atoms with van der Waals surface area (Å²) in [6.45, 7) is 3.60. The van der Waals surface area contributed by atoms with Crippen LogP contribution in [-0.4, -0.2) is 22.5 Å². The van der Waals surface area contributed by atoms with Crippen LogP contribution in [0.4, 0.5) is 0 Å². The number of aryl methyl sites for hydroxylation is 2. The molecule has 0 unspecified atom stereocenters. The van der Waals surface area contributed by atoms with Crippen molar-refractivity contribution in [3.05, 3.63) is 45.9 Å². The van der Waals surface area contributed by atoms with Gasteiger partial charge in [0, 0.05) is 41.4 Å². The topological polar surface area (TPSA) is 34.5 Å². The molecule has 4 rings (SSSR count). The maximum Gasteiger partial charge on any atom is 0.253 e. The van der Waals surface area contributed by atoms with Crippen LogP contribution in [-0.2, 0) is 13.6 Å². The second-order valence-corrected chi connectivity index (χ2v) is 8.16. The Labute approximate surface area is 146 Å². The lowest BCUT2D eigenvalue weighted by molar-refractivity contribution is 0.300. The highest BCUT2D eigenvalue weighted by molar-refractivity contribution is 7.97. The molecule has 1 aromatic carbocycles. The molecule has 1 fully saturated rings. The van der Waals surface area contributed by atoms with Gasteiger partial charge in [-0.15, -0.1) is 0 Å². The van der Waals surface area contributed by atoms with Gasteiger partial charge < -0.3 is 9.30 Å². The van der Waals surface area contributed by atoms with Gasteiger partial charge >= 0.3 is 0 Å². The van der Waals surface area contributed by atoms with E-state index >= 15 is 0 Å². The summed E-state index contributed by atoms with van der Waals surface area (Å²) in [6, 6.07) is 6.37. The van der Waals surface area contributed by atoms with Crippen LogP contribution < -0.4 is 10.3 Å². The molecule has 0 N–H and O–H groups in total. The van der Waals surface area contributed by atoms with Crippen molar-refractivity contribution in [3.63, 3.8) is 0 Å². The van der Waals surface area contributed by atoms with Crippen LogP contribution in [0.25, 0.3) is 11.1 Å². The molecule has 0 spiro atoms. The van der Waals surface area contributed by atoms with Gasteiger partial charge in [-0.2, -0.15) is 0 Å². The molecule has 0 saturated heterocycles. The van der Waals surface area contributed by atoms with E-state index in [0.717, 1.165) is 35.6 Å². The van der Waals surface area contributed by atoms with Gasteiger partial charge in [-0.25, -0.2) is 4.31 Å². The van der Waals surface area contributed by atoms with Crippen LogP contribution in [0.5, 0.6) is 5.75 Å². The van der Waals surface area contributed by atoms with Gasteiger partial charge in [0.25, 0.3) is 5.56 Å². The average Bonchev–Trinajstić information content (AvgIpc) is 3.29. The number of rotatable bonds is 4. The highest BCUT2D eigenvalue weighted by Gasteiger charge is 2.25. The summed E-state index contributed by atoms with van der Waals surface area (Å²) < 4.78 is 10.1. The van der Waals surface area contributed by atoms with Crippen LogP contribution in [0.15, 0.2) is 34.1 Å². The normalized spacial score (nSPS) is 17.1. The maximum atomic E-state index is 12.0. The van der Waals surface area contributed by atoms with Gasteiger partial charge in [-0.3, -0.25) is 4.79 Å². The summed E-state index contributed by atoms with van der Waals surface area (Å²) in [5, 5.41) is 0. The third-order valence-electron chi connectivity index (χ3n) is 4.65. The minimum absolute atomic E-state index is 0.0504. The molecule has 126 valence electrons.